The average Bonchev–Trinajstić information content (AvgIpc) is 2.76. The first-order chi connectivity index (χ1) is 8.58. The van der Waals surface area contributed by atoms with Gasteiger partial charge in [0.1, 0.15) is 5.76 Å². The molecule has 2 aromatic rings. The fourth-order valence-corrected chi connectivity index (χ4v) is 1.44. The zero-order chi connectivity index (χ0) is 13.1. The molecule has 92 valence electrons. The van der Waals surface area contributed by atoms with E-state index in [1.807, 2.05) is 0 Å². The van der Waals surface area contributed by atoms with Crippen LogP contribution < -0.4 is 11.1 Å². The Balaban J connectivity index is 2.24. The van der Waals surface area contributed by atoms with Crippen molar-refractivity contribution in [1.82, 2.24) is 4.98 Å². The maximum Gasteiger partial charge on any atom is 0.311 e. The van der Waals surface area contributed by atoms with Crippen molar-refractivity contribution in [3.8, 4) is 0 Å². The number of hydrogen-bond acceptors (Lipinski definition) is 4. The van der Waals surface area contributed by atoms with Crippen molar-refractivity contribution in [2.45, 2.75) is 6.92 Å². The van der Waals surface area contributed by atoms with E-state index < -0.39 is 11.8 Å². The highest BCUT2D eigenvalue weighted by atomic mass is 16.4. The first kappa shape index (κ1) is 11.8. The topological polar surface area (TPSA) is 98.2 Å². The average molecular weight is 245 g/mol. The number of benzene rings is 1. The molecule has 0 spiro atoms. The van der Waals surface area contributed by atoms with Gasteiger partial charge in [0.05, 0.1) is 17.4 Å². The van der Waals surface area contributed by atoms with Gasteiger partial charge in [-0.25, -0.2) is 4.98 Å². The molecule has 0 radical (unpaired) electrons. The lowest BCUT2D eigenvalue weighted by Crippen LogP contribution is -2.18. The van der Waals surface area contributed by atoms with Crippen molar-refractivity contribution < 1.29 is 14.0 Å². The third kappa shape index (κ3) is 2.37. The monoisotopic (exact) mass is 245 g/mol. The van der Waals surface area contributed by atoms with E-state index in [0.29, 0.717) is 11.4 Å². The van der Waals surface area contributed by atoms with E-state index in [0.717, 1.165) is 0 Å². The van der Waals surface area contributed by atoms with Gasteiger partial charge in [-0.05, 0) is 19.1 Å². The van der Waals surface area contributed by atoms with Crippen LogP contribution in [0.1, 0.15) is 26.8 Å². The van der Waals surface area contributed by atoms with Gasteiger partial charge in [-0.3, -0.25) is 9.59 Å². The van der Waals surface area contributed by atoms with Crippen molar-refractivity contribution >= 4 is 17.5 Å². The maximum atomic E-state index is 11.8. The lowest BCUT2D eigenvalue weighted by molar-refractivity contribution is 0.0989. The fourth-order valence-electron chi connectivity index (χ4n) is 1.44. The second-order valence-electron chi connectivity index (χ2n) is 3.64. The molecule has 0 aliphatic rings. The summed E-state index contributed by atoms with van der Waals surface area (Å²) in [5.74, 6) is -0.679. The van der Waals surface area contributed by atoms with Gasteiger partial charge in [0, 0.05) is 0 Å². The van der Waals surface area contributed by atoms with Gasteiger partial charge in [0.15, 0.2) is 0 Å². The molecule has 0 fully saturated rings. The van der Waals surface area contributed by atoms with Crippen LogP contribution in [0.3, 0.4) is 0 Å². The molecule has 3 N–H and O–H groups in total. The molecular formula is C12H11N3O3. The van der Waals surface area contributed by atoms with Crippen molar-refractivity contribution in [3.63, 3.8) is 0 Å². The Morgan fingerprint density at radius 3 is 2.67 bits per heavy atom. The minimum Gasteiger partial charge on any atom is -0.438 e. The Hall–Kier alpha value is -2.63. The van der Waals surface area contributed by atoms with Crippen molar-refractivity contribution in [2.75, 3.05) is 5.32 Å². The number of primary amides is 1. The van der Waals surface area contributed by atoms with Crippen LogP contribution in [-0.4, -0.2) is 16.8 Å². The molecule has 0 saturated carbocycles. The predicted octanol–water partition coefficient (Wildman–Crippen LogP) is 1.33. The van der Waals surface area contributed by atoms with Crippen LogP contribution in [0.5, 0.6) is 0 Å². The molecule has 6 heteroatoms. The van der Waals surface area contributed by atoms with E-state index >= 15 is 0 Å². The molecule has 2 rings (SSSR count). The standard InChI is InChI=1S/C12H11N3O3/c1-7-6-14-12(18-7)11(17)15-9-5-3-2-4-8(9)10(13)16/h2-6H,1H3,(H2,13,16)(H,15,17). The molecular weight excluding hydrogens is 234 g/mol. The minimum absolute atomic E-state index is 0.0632. The molecule has 1 aromatic carbocycles. The number of nitrogens with zero attached hydrogens (tertiary/aromatic N) is 1. The Kier molecular flexibility index (Phi) is 3.09. The summed E-state index contributed by atoms with van der Waals surface area (Å²) in [6.07, 6.45) is 1.44. The van der Waals surface area contributed by atoms with Gasteiger partial charge in [0.25, 0.3) is 11.8 Å². The first-order valence-electron chi connectivity index (χ1n) is 5.20. The second-order valence-corrected chi connectivity index (χ2v) is 3.64. The van der Waals surface area contributed by atoms with Crippen LogP contribution >= 0.6 is 0 Å². The number of hydrogen-bond donors (Lipinski definition) is 2. The highest BCUT2D eigenvalue weighted by Gasteiger charge is 2.15. The van der Waals surface area contributed by atoms with Crippen LogP contribution in [0, 0.1) is 6.92 Å². The Bertz CT molecular complexity index is 604. The van der Waals surface area contributed by atoms with Crippen LogP contribution in [0.15, 0.2) is 34.9 Å². The van der Waals surface area contributed by atoms with Gasteiger partial charge in [0.2, 0.25) is 0 Å². The normalized spacial score (nSPS) is 10.1. The molecule has 0 saturated heterocycles. The van der Waals surface area contributed by atoms with Crippen LogP contribution in [0.4, 0.5) is 5.69 Å². The first-order valence-corrected chi connectivity index (χ1v) is 5.20. The number of para-hydroxylation sites is 1. The molecule has 6 nitrogen and oxygen atoms in total. The van der Waals surface area contributed by atoms with Gasteiger partial charge >= 0.3 is 5.91 Å². The summed E-state index contributed by atoms with van der Waals surface area (Å²) in [5.41, 5.74) is 5.76. The highest BCUT2D eigenvalue weighted by Crippen LogP contribution is 2.15. The van der Waals surface area contributed by atoms with E-state index in [4.69, 9.17) is 10.2 Å². The molecule has 0 atom stereocenters. The maximum absolute atomic E-state index is 11.8. The van der Waals surface area contributed by atoms with E-state index in [1.165, 1.54) is 12.3 Å². The molecule has 1 aromatic heterocycles. The molecule has 1 heterocycles. The Morgan fingerprint density at radius 2 is 2.06 bits per heavy atom. The summed E-state index contributed by atoms with van der Waals surface area (Å²) >= 11 is 0. The zero-order valence-electron chi connectivity index (χ0n) is 9.64. The Labute approximate surface area is 103 Å². The number of carbonyl (C=O) groups excluding carboxylic acids is 2. The lowest BCUT2D eigenvalue weighted by atomic mass is 10.1. The number of amides is 2. The number of nitrogens with one attached hydrogen (secondary N) is 1. The van der Waals surface area contributed by atoms with Gasteiger partial charge in [-0.1, -0.05) is 12.1 Å². The SMILES string of the molecule is Cc1cnc(C(=O)Nc2ccccc2C(N)=O)o1. The van der Waals surface area contributed by atoms with Crippen molar-refractivity contribution in [1.29, 1.82) is 0 Å². The lowest BCUT2D eigenvalue weighted by Gasteiger charge is -2.06. The quantitative estimate of drug-likeness (QED) is 0.852. The minimum atomic E-state index is -0.616. The van der Waals surface area contributed by atoms with Gasteiger partial charge in [-0.15, -0.1) is 0 Å². The summed E-state index contributed by atoms with van der Waals surface area (Å²) in [5, 5.41) is 2.53. The third-order valence-corrected chi connectivity index (χ3v) is 2.26. The number of carbonyl (C=O) groups is 2. The van der Waals surface area contributed by atoms with Crippen LogP contribution in [0.25, 0.3) is 0 Å². The van der Waals surface area contributed by atoms with Crippen LogP contribution in [0.2, 0.25) is 0 Å². The second kappa shape index (κ2) is 4.70. The molecule has 2 amide bonds. The fraction of sp³-hybridized carbons (Fsp3) is 0.0833. The zero-order valence-corrected chi connectivity index (χ0v) is 9.64. The van der Waals surface area contributed by atoms with Gasteiger partial charge < -0.3 is 15.5 Å². The third-order valence-electron chi connectivity index (χ3n) is 2.26. The highest BCUT2D eigenvalue weighted by molar-refractivity contribution is 6.06. The van der Waals surface area contributed by atoms with E-state index in [9.17, 15) is 9.59 Å². The number of aromatic nitrogens is 1. The number of oxazole rings is 1. The molecule has 0 unspecified atom stereocenters. The predicted molar refractivity (Wildman–Crippen MR) is 64.2 cm³/mol. The van der Waals surface area contributed by atoms with Crippen molar-refractivity contribution in [2.24, 2.45) is 5.73 Å². The number of nitrogens with two attached hydrogens (primary N) is 1. The number of rotatable bonds is 3. The summed E-state index contributed by atoms with van der Waals surface area (Å²) in [7, 11) is 0. The Morgan fingerprint density at radius 1 is 1.33 bits per heavy atom. The molecule has 0 aliphatic carbocycles. The summed E-state index contributed by atoms with van der Waals surface area (Å²) in [4.78, 5) is 26.7. The van der Waals surface area contributed by atoms with E-state index in [2.05, 4.69) is 10.3 Å². The summed E-state index contributed by atoms with van der Waals surface area (Å²) in [6, 6.07) is 6.44. The van der Waals surface area contributed by atoms with E-state index in [1.54, 1.807) is 25.1 Å². The molecule has 0 aliphatic heterocycles. The number of aryl methyl sites for hydroxylation is 1. The largest absolute Gasteiger partial charge is 0.438 e. The van der Waals surface area contributed by atoms with Crippen LogP contribution in [-0.2, 0) is 0 Å². The molecule has 18 heavy (non-hydrogen) atoms. The van der Waals surface area contributed by atoms with Crippen molar-refractivity contribution in [3.05, 3.63) is 47.7 Å². The molecule has 0 bridgehead atoms. The smallest absolute Gasteiger partial charge is 0.311 e. The summed E-state index contributed by atoms with van der Waals surface area (Å²) in [6.45, 7) is 1.68. The van der Waals surface area contributed by atoms with Gasteiger partial charge in [-0.2, -0.15) is 0 Å². The van der Waals surface area contributed by atoms with E-state index in [-0.39, 0.29) is 11.5 Å². The number of anilines is 1. The summed E-state index contributed by atoms with van der Waals surface area (Å²) < 4.78 is 5.08.